The normalized spacial score (nSPS) is 11.8. The van der Waals surface area contributed by atoms with Gasteiger partial charge in [-0.25, -0.2) is 19.9 Å². The Kier molecular flexibility index (Phi) is 5.64. The van der Waals surface area contributed by atoms with Crippen molar-refractivity contribution in [3.8, 4) is 45.6 Å². The first kappa shape index (κ1) is 26.1. The van der Waals surface area contributed by atoms with Crippen molar-refractivity contribution in [3.05, 3.63) is 133 Å². The van der Waals surface area contributed by atoms with Crippen LogP contribution < -0.4 is 0 Å². The Hall–Kier alpha value is -6.18. The van der Waals surface area contributed by atoms with Gasteiger partial charge in [0, 0.05) is 53.2 Å². The van der Waals surface area contributed by atoms with E-state index >= 15 is 0 Å². The SMILES string of the molecule is c1ccc(-c2nc(-c3ccc4oc5ccccc5c4c3)nc(-c3cccc4sc5ccc(-c6nc7ccccc7o6)cc5c34)n2)cc1. The molecule has 220 valence electrons. The summed E-state index contributed by atoms with van der Waals surface area (Å²) >= 11 is 1.75. The lowest BCUT2D eigenvalue weighted by Crippen LogP contribution is -2.00. The number of aromatic nitrogens is 4. The average molecular weight is 623 g/mol. The summed E-state index contributed by atoms with van der Waals surface area (Å²) in [5, 5.41) is 4.29. The van der Waals surface area contributed by atoms with Crippen LogP contribution in [-0.4, -0.2) is 19.9 Å². The third-order valence-corrected chi connectivity index (χ3v) is 9.72. The largest absolute Gasteiger partial charge is 0.456 e. The van der Waals surface area contributed by atoms with Gasteiger partial charge in [0.1, 0.15) is 16.7 Å². The first-order chi connectivity index (χ1) is 23.2. The van der Waals surface area contributed by atoms with Crippen LogP contribution in [0.25, 0.3) is 98.8 Å². The zero-order chi connectivity index (χ0) is 30.9. The highest BCUT2D eigenvalue weighted by molar-refractivity contribution is 7.26. The van der Waals surface area contributed by atoms with Crippen LogP contribution in [0.4, 0.5) is 0 Å². The van der Waals surface area contributed by atoms with Gasteiger partial charge < -0.3 is 8.83 Å². The third kappa shape index (κ3) is 4.25. The molecule has 0 N–H and O–H groups in total. The lowest BCUT2D eigenvalue weighted by atomic mass is 10.0. The average Bonchev–Trinajstić information content (AvgIpc) is 3.84. The Morgan fingerprint density at radius 2 is 1.15 bits per heavy atom. The molecule has 0 aliphatic rings. The monoisotopic (exact) mass is 622 g/mol. The van der Waals surface area contributed by atoms with Gasteiger partial charge in [0.15, 0.2) is 23.1 Å². The van der Waals surface area contributed by atoms with Gasteiger partial charge >= 0.3 is 0 Å². The van der Waals surface area contributed by atoms with E-state index in [-0.39, 0.29) is 0 Å². The predicted molar refractivity (Wildman–Crippen MR) is 189 cm³/mol. The minimum Gasteiger partial charge on any atom is -0.456 e. The first-order valence-corrected chi connectivity index (χ1v) is 16.1. The minimum atomic E-state index is 0.598. The zero-order valence-electron chi connectivity index (χ0n) is 24.7. The third-order valence-electron chi connectivity index (χ3n) is 8.58. The number of thiophene rings is 1. The van der Waals surface area contributed by atoms with Crippen molar-refractivity contribution in [1.82, 2.24) is 19.9 Å². The molecule has 0 fully saturated rings. The van der Waals surface area contributed by atoms with Gasteiger partial charge in [0.25, 0.3) is 0 Å². The summed E-state index contributed by atoms with van der Waals surface area (Å²) in [6.07, 6.45) is 0. The number of fused-ring (bicyclic) bond motifs is 7. The minimum absolute atomic E-state index is 0.598. The first-order valence-electron chi connectivity index (χ1n) is 15.3. The maximum absolute atomic E-state index is 6.14. The van der Waals surface area contributed by atoms with E-state index in [2.05, 4.69) is 48.5 Å². The van der Waals surface area contributed by atoms with E-state index in [0.717, 1.165) is 70.8 Å². The molecule has 6 nitrogen and oxygen atoms in total. The second-order valence-electron chi connectivity index (χ2n) is 11.5. The number of oxazole rings is 1. The molecule has 4 aromatic heterocycles. The second-order valence-corrected chi connectivity index (χ2v) is 12.5. The number of nitrogens with zero attached hydrogens (tertiary/aromatic N) is 4. The van der Waals surface area contributed by atoms with Crippen molar-refractivity contribution >= 4 is 64.5 Å². The lowest BCUT2D eigenvalue weighted by Gasteiger charge is -2.10. The molecule has 10 aromatic rings. The van der Waals surface area contributed by atoms with Gasteiger partial charge in [-0.3, -0.25) is 0 Å². The number of furan rings is 1. The molecule has 0 aliphatic carbocycles. The summed E-state index contributed by atoms with van der Waals surface area (Å²) in [7, 11) is 0. The highest BCUT2D eigenvalue weighted by Gasteiger charge is 2.19. The summed E-state index contributed by atoms with van der Waals surface area (Å²) in [6, 6.07) is 44.8. The molecular formula is C40H22N4O2S. The van der Waals surface area contributed by atoms with E-state index in [0.29, 0.717) is 23.4 Å². The maximum Gasteiger partial charge on any atom is 0.227 e. The fraction of sp³-hybridized carbons (Fsp3) is 0. The molecule has 6 aromatic carbocycles. The molecule has 0 aliphatic heterocycles. The zero-order valence-corrected chi connectivity index (χ0v) is 25.5. The lowest BCUT2D eigenvalue weighted by molar-refractivity contribution is 0.620. The summed E-state index contributed by atoms with van der Waals surface area (Å²) in [4.78, 5) is 20.0. The highest BCUT2D eigenvalue weighted by atomic mass is 32.1. The Labute approximate surface area is 271 Å². The summed E-state index contributed by atoms with van der Waals surface area (Å²) in [5.74, 6) is 2.43. The van der Waals surface area contributed by atoms with Gasteiger partial charge in [-0.15, -0.1) is 11.3 Å². The van der Waals surface area contributed by atoms with E-state index < -0.39 is 0 Å². The van der Waals surface area contributed by atoms with Gasteiger partial charge in [-0.05, 0) is 60.7 Å². The van der Waals surface area contributed by atoms with Crippen LogP contribution in [0.5, 0.6) is 0 Å². The molecule has 0 spiro atoms. The Bertz CT molecular complexity index is 2780. The number of hydrogen-bond donors (Lipinski definition) is 0. The van der Waals surface area contributed by atoms with Crippen molar-refractivity contribution in [2.24, 2.45) is 0 Å². The molecule has 0 atom stereocenters. The number of hydrogen-bond acceptors (Lipinski definition) is 7. The molecule has 0 saturated carbocycles. The molecule has 0 saturated heterocycles. The number of benzene rings is 6. The Balaban J connectivity index is 1.19. The van der Waals surface area contributed by atoms with Crippen LogP contribution >= 0.6 is 11.3 Å². The number of rotatable bonds is 4. The molecule has 0 amide bonds. The smallest absolute Gasteiger partial charge is 0.227 e. The molecule has 4 heterocycles. The molecule has 47 heavy (non-hydrogen) atoms. The van der Waals surface area contributed by atoms with Crippen molar-refractivity contribution in [2.75, 3.05) is 0 Å². The van der Waals surface area contributed by atoms with Gasteiger partial charge in [0.2, 0.25) is 5.89 Å². The number of para-hydroxylation sites is 3. The van der Waals surface area contributed by atoms with Crippen molar-refractivity contribution < 1.29 is 8.83 Å². The topological polar surface area (TPSA) is 77.8 Å². The van der Waals surface area contributed by atoms with Crippen LogP contribution in [0, 0.1) is 0 Å². The molecule has 7 heteroatoms. The second kappa shape index (κ2) is 10.2. The standard InChI is InChI=1S/C40H22N4O2S/c1-2-9-23(10-3-1)37-42-38(24-17-19-32-28(21-24)26-11-4-6-14-31(26)45-32)44-39(43-37)27-12-8-16-35-36(27)29-22-25(18-20-34(29)47-35)40-41-30-13-5-7-15-33(30)46-40/h1-22H. The Morgan fingerprint density at radius 1 is 0.426 bits per heavy atom. The summed E-state index contributed by atoms with van der Waals surface area (Å²) in [5.41, 5.74) is 6.98. The van der Waals surface area contributed by atoms with Gasteiger partial charge in [-0.1, -0.05) is 72.8 Å². The molecular weight excluding hydrogens is 601 g/mol. The van der Waals surface area contributed by atoms with Crippen molar-refractivity contribution in [1.29, 1.82) is 0 Å². The molecule has 0 radical (unpaired) electrons. The molecule has 0 unspecified atom stereocenters. The Morgan fingerprint density at radius 3 is 2.04 bits per heavy atom. The van der Waals surface area contributed by atoms with E-state index in [1.807, 2.05) is 84.9 Å². The van der Waals surface area contributed by atoms with E-state index in [1.54, 1.807) is 11.3 Å². The van der Waals surface area contributed by atoms with Crippen LogP contribution in [0.2, 0.25) is 0 Å². The van der Waals surface area contributed by atoms with Gasteiger partial charge in [-0.2, -0.15) is 0 Å². The quantitative estimate of drug-likeness (QED) is 0.194. The fourth-order valence-corrected chi connectivity index (χ4v) is 7.46. The van der Waals surface area contributed by atoms with Gasteiger partial charge in [0.05, 0.1) is 0 Å². The van der Waals surface area contributed by atoms with Crippen LogP contribution in [0.15, 0.2) is 142 Å². The van der Waals surface area contributed by atoms with Crippen LogP contribution in [0.1, 0.15) is 0 Å². The fourth-order valence-electron chi connectivity index (χ4n) is 6.35. The molecule has 10 rings (SSSR count). The van der Waals surface area contributed by atoms with Crippen LogP contribution in [0.3, 0.4) is 0 Å². The molecule has 0 bridgehead atoms. The summed E-state index contributed by atoms with van der Waals surface area (Å²) < 4.78 is 14.6. The van der Waals surface area contributed by atoms with E-state index in [4.69, 9.17) is 28.8 Å². The van der Waals surface area contributed by atoms with E-state index in [9.17, 15) is 0 Å². The predicted octanol–water partition coefficient (Wildman–Crippen LogP) is 10.9. The van der Waals surface area contributed by atoms with Crippen molar-refractivity contribution in [2.45, 2.75) is 0 Å². The summed E-state index contributed by atoms with van der Waals surface area (Å²) in [6.45, 7) is 0. The van der Waals surface area contributed by atoms with E-state index in [1.165, 1.54) is 4.70 Å². The maximum atomic E-state index is 6.14. The highest BCUT2D eigenvalue weighted by Crippen LogP contribution is 2.42. The van der Waals surface area contributed by atoms with Crippen molar-refractivity contribution in [3.63, 3.8) is 0 Å². The van der Waals surface area contributed by atoms with Crippen LogP contribution in [-0.2, 0) is 0 Å².